The van der Waals surface area contributed by atoms with E-state index in [1.54, 1.807) is 25.1 Å². The number of carbonyl (C=O) groups excluding carboxylic acids is 1. The van der Waals surface area contributed by atoms with Gasteiger partial charge in [-0.2, -0.15) is 0 Å². The number of anilines is 1. The number of sulfonamides is 1. The summed E-state index contributed by atoms with van der Waals surface area (Å²) in [5.41, 5.74) is 0.916. The van der Waals surface area contributed by atoms with Crippen molar-refractivity contribution in [3.05, 3.63) is 58.9 Å². The SMILES string of the molecule is Cc1c(Cl)cccc1N(CC(=O)NCCOc1ccc(F)cc1)S(C)(=O)=O. The second kappa shape index (κ2) is 9.05. The first kappa shape index (κ1) is 21.0. The predicted octanol–water partition coefficient (Wildman–Crippen LogP) is 2.75. The second-order valence-electron chi connectivity index (χ2n) is 5.81. The van der Waals surface area contributed by atoms with Crippen LogP contribution in [0.15, 0.2) is 42.5 Å². The average Bonchev–Trinajstić information content (AvgIpc) is 2.60. The minimum atomic E-state index is -3.68. The Labute approximate surface area is 162 Å². The van der Waals surface area contributed by atoms with Crippen LogP contribution in [-0.2, 0) is 14.8 Å². The smallest absolute Gasteiger partial charge is 0.240 e. The van der Waals surface area contributed by atoms with Gasteiger partial charge < -0.3 is 10.1 Å². The van der Waals surface area contributed by atoms with E-state index in [2.05, 4.69) is 5.32 Å². The zero-order valence-electron chi connectivity index (χ0n) is 14.9. The molecule has 0 heterocycles. The molecule has 146 valence electrons. The summed E-state index contributed by atoms with van der Waals surface area (Å²) in [4.78, 5) is 12.2. The quantitative estimate of drug-likeness (QED) is 0.674. The van der Waals surface area contributed by atoms with Crippen molar-refractivity contribution in [3.63, 3.8) is 0 Å². The molecule has 0 aliphatic carbocycles. The van der Waals surface area contributed by atoms with Crippen LogP contribution in [-0.4, -0.2) is 40.3 Å². The Morgan fingerprint density at radius 3 is 2.52 bits per heavy atom. The van der Waals surface area contributed by atoms with E-state index in [4.69, 9.17) is 16.3 Å². The van der Waals surface area contributed by atoms with E-state index in [0.29, 0.717) is 22.0 Å². The van der Waals surface area contributed by atoms with Crippen LogP contribution in [0.1, 0.15) is 5.56 Å². The number of hydrogen-bond acceptors (Lipinski definition) is 4. The molecule has 9 heteroatoms. The molecule has 2 rings (SSSR count). The van der Waals surface area contributed by atoms with Gasteiger partial charge in [0, 0.05) is 5.02 Å². The maximum Gasteiger partial charge on any atom is 0.240 e. The van der Waals surface area contributed by atoms with Crippen LogP contribution in [0.25, 0.3) is 0 Å². The summed E-state index contributed by atoms with van der Waals surface area (Å²) in [6, 6.07) is 10.4. The lowest BCUT2D eigenvalue weighted by Crippen LogP contribution is -2.41. The molecule has 2 aromatic carbocycles. The van der Waals surface area contributed by atoms with Crippen LogP contribution in [0, 0.1) is 12.7 Å². The van der Waals surface area contributed by atoms with E-state index in [1.165, 1.54) is 24.3 Å². The molecule has 0 saturated heterocycles. The highest BCUT2D eigenvalue weighted by atomic mass is 35.5. The Kier molecular flexibility index (Phi) is 7.04. The van der Waals surface area contributed by atoms with Crippen LogP contribution < -0.4 is 14.4 Å². The highest BCUT2D eigenvalue weighted by Gasteiger charge is 2.22. The van der Waals surface area contributed by atoms with Gasteiger partial charge in [-0.15, -0.1) is 0 Å². The summed E-state index contributed by atoms with van der Waals surface area (Å²) in [7, 11) is -3.68. The molecule has 1 amide bonds. The molecule has 27 heavy (non-hydrogen) atoms. The van der Waals surface area contributed by atoms with E-state index < -0.39 is 15.9 Å². The third-order valence-corrected chi connectivity index (χ3v) is 5.24. The topological polar surface area (TPSA) is 75.7 Å². The van der Waals surface area contributed by atoms with Crippen LogP contribution in [0.5, 0.6) is 5.75 Å². The summed E-state index contributed by atoms with van der Waals surface area (Å²) in [6.45, 7) is 1.63. The molecule has 6 nitrogen and oxygen atoms in total. The Morgan fingerprint density at radius 2 is 1.89 bits per heavy atom. The van der Waals surface area contributed by atoms with E-state index in [-0.39, 0.29) is 25.5 Å². The molecule has 0 fully saturated rings. The summed E-state index contributed by atoms with van der Waals surface area (Å²) in [6.07, 6.45) is 1.03. The molecule has 0 atom stereocenters. The van der Waals surface area contributed by atoms with Crippen molar-refractivity contribution in [3.8, 4) is 5.75 Å². The molecular weight excluding hydrogens is 395 g/mol. The zero-order chi connectivity index (χ0) is 20.0. The van der Waals surface area contributed by atoms with Crippen molar-refractivity contribution in [1.82, 2.24) is 5.32 Å². The van der Waals surface area contributed by atoms with Crippen LogP contribution in [0.4, 0.5) is 10.1 Å². The van der Waals surface area contributed by atoms with Crippen LogP contribution in [0.2, 0.25) is 5.02 Å². The molecule has 2 aromatic rings. The number of halogens is 2. The highest BCUT2D eigenvalue weighted by molar-refractivity contribution is 7.92. The largest absolute Gasteiger partial charge is 0.492 e. The Bertz CT molecular complexity index is 904. The van der Waals surface area contributed by atoms with Gasteiger partial charge in [-0.3, -0.25) is 9.10 Å². The van der Waals surface area contributed by atoms with Crippen molar-refractivity contribution < 1.29 is 22.3 Å². The lowest BCUT2D eigenvalue weighted by atomic mass is 10.2. The number of benzene rings is 2. The Morgan fingerprint density at radius 1 is 1.22 bits per heavy atom. The van der Waals surface area contributed by atoms with Crippen molar-refractivity contribution >= 4 is 33.2 Å². The predicted molar refractivity (Wildman–Crippen MR) is 103 cm³/mol. The molecule has 0 unspecified atom stereocenters. The van der Waals surface area contributed by atoms with Gasteiger partial charge in [-0.05, 0) is 48.9 Å². The van der Waals surface area contributed by atoms with Crippen molar-refractivity contribution in [2.75, 3.05) is 30.3 Å². The van der Waals surface area contributed by atoms with Crippen LogP contribution in [0.3, 0.4) is 0 Å². The summed E-state index contributed by atoms with van der Waals surface area (Å²) < 4.78 is 43.4. The minimum Gasteiger partial charge on any atom is -0.492 e. The summed E-state index contributed by atoms with van der Waals surface area (Å²) in [5.74, 6) is -0.381. The molecule has 0 saturated carbocycles. The number of carbonyl (C=O) groups is 1. The summed E-state index contributed by atoms with van der Waals surface area (Å²) >= 11 is 6.05. The number of nitrogens with zero attached hydrogens (tertiary/aromatic N) is 1. The molecule has 0 aromatic heterocycles. The first-order chi connectivity index (χ1) is 12.7. The molecule has 0 radical (unpaired) electrons. The normalized spacial score (nSPS) is 11.1. The fourth-order valence-electron chi connectivity index (χ4n) is 2.32. The van der Waals surface area contributed by atoms with Gasteiger partial charge in [0.1, 0.15) is 24.7 Å². The Hall–Kier alpha value is -2.32. The average molecular weight is 415 g/mol. The molecule has 0 aliphatic heterocycles. The van der Waals surface area contributed by atoms with Gasteiger partial charge in [0.15, 0.2) is 0 Å². The third kappa shape index (κ3) is 6.11. The number of nitrogens with one attached hydrogen (secondary N) is 1. The van der Waals surface area contributed by atoms with Gasteiger partial charge >= 0.3 is 0 Å². The number of ether oxygens (including phenoxy) is 1. The number of rotatable bonds is 8. The first-order valence-electron chi connectivity index (χ1n) is 8.06. The van der Waals surface area contributed by atoms with Gasteiger partial charge in [-0.1, -0.05) is 17.7 Å². The zero-order valence-corrected chi connectivity index (χ0v) is 16.5. The monoisotopic (exact) mass is 414 g/mol. The van der Waals surface area contributed by atoms with Gasteiger partial charge in [-0.25, -0.2) is 12.8 Å². The van der Waals surface area contributed by atoms with Gasteiger partial charge in [0.2, 0.25) is 15.9 Å². The van der Waals surface area contributed by atoms with E-state index in [1.807, 2.05) is 0 Å². The van der Waals surface area contributed by atoms with E-state index >= 15 is 0 Å². The summed E-state index contributed by atoms with van der Waals surface area (Å²) in [5, 5.41) is 3.00. The van der Waals surface area contributed by atoms with E-state index in [9.17, 15) is 17.6 Å². The number of hydrogen-bond donors (Lipinski definition) is 1. The fourth-order valence-corrected chi connectivity index (χ4v) is 3.40. The molecule has 1 N–H and O–H groups in total. The molecular formula is C18H20ClFN2O4S. The van der Waals surface area contributed by atoms with Gasteiger partial charge in [0.05, 0.1) is 18.5 Å². The number of amides is 1. The standard InChI is InChI=1S/C18H20ClFN2O4S/c1-13-16(19)4-3-5-17(13)22(27(2,24)25)12-18(23)21-10-11-26-15-8-6-14(20)7-9-15/h3-9H,10-12H2,1-2H3,(H,21,23). The lowest BCUT2D eigenvalue weighted by molar-refractivity contribution is -0.119. The third-order valence-electron chi connectivity index (χ3n) is 3.70. The van der Waals surface area contributed by atoms with Gasteiger partial charge in [0.25, 0.3) is 0 Å². The van der Waals surface area contributed by atoms with Crippen molar-refractivity contribution in [2.24, 2.45) is 0 Å². The second-order valence-corrected chi connectivity index (χ2v) is 8.12. The Balaban J connectivity index is 1.94. The minimum absolute atomic E-state index is 0.159. The molecule has 0 aliphatic rings. The maximum atomic E-state index is 12.8. The van der Waals surface area contributed by atoms with E-state index in [0.717, 1.165) is 10.6 Å². The fraction of sp³-hybridized carbons (Fsp3) is 0.278. The maximum absolute atomic E-state index is 12.8. The lowest BCUT2D eigenvalue weighted by Gasteiger charge is -2.24. The highest BCUT2D eigenvalue weighted by Crippen LogP contribution is 2.27. The van der Waals surface area contributed by atoms with Crippen molar-refractivity contribution in [2.45, 2.75) is 6.92 Å². The first-order valence-corrected chi connectivity index (χ1v) is 10.3. The van der Waals surface area contributed by atoms with Crippen molar-refractivity contribution in [1.29, 1.82) is 0 Å². The molecule has 0 spiro atoms. The van der Waals surface area contributed by atoms with Crippen LogP contribution >= 0.6 is 11.6 Å². The molecule has 0 bridgehead atoms.